The molecular formula is C25H26N2O6S. The van der Waals surface area contributed by atoms with Crippen LogP contribution in [0.2, 0.25) is 0 Å². The molecule has 9 heteroatoms. The number of hydrogen-bond donors (Lipinski definition) is 1. The lowest BCUT2D eigenvalue weighted by molar-refractivity contribution is -0.146. The van der Waals surface area contributed by atoms with E-state index in [1.807, 2.05) is 24.3 Å². The van der Waals surface area contributed by atoms with Gasteiger partial charge in [-0.25, -0.2) is 0 Å². The van der Waals surface area contributed by atoms with E-state index < -0.39 is 23.7 Å². The number of nitrogens with zero attached hydrogens (tertiary/aromatic N) is 1. The molecule has 1 N–H and O–H groups in total. The van der Waals surface area contributed by atoms with Gasteiger partial charge in [0.2, 0.25) is 0 Å². The van der Waals surface area contributed by atoms with Gasteiger partial charge in [-0.1, -0.05) is 44.2 Å². The first-order chi connectivity index (χ1) is 16.3. The van der Waals surface area contributed by atoms with Crippen LogP contribution in [0.4, 0.5) is 10.5 Å². The summed E-state index contributed by atoms with van der Waals surface area (Å²) >= 11 is 0.766. The van der Waals surface area contributed by atoms with Crippen LogP contribution in [0.25, 0.3) is 6.08 Å². The molecule has 1 fully saturated rings. The smallest absolute Gasteiger partial charge is 0.326 e. The molecule has 34 heavy (non-hydrogen) atoms. The molecule has 1 aliphatic heterocycles. The summed E-state index contributed by atoms with van der Waals surface area (Å²) in [4.78, 5) is 49.5. The maximum atomic E-state index is 12.5. The molecule has 3 amide bonds. The number of anilines is 1. The first kappa shape index (κ1) is 25.0. The van der Waals surface area contributed by atoms with Gasteiger partial charge in [-0.15, -0.1) is 0 Å². The Morgan fingerprint density at radius 2 is 1.79 bits per heavy atom. The Kier molecular flexibility index (Phi) is 8.48. The third-order valence-corrected chi connectivity index (χ3v) is 5.78. The number of carbonyl (C=O) groups excluding carboxylic acids is 4. The molecule has 2 aromatic rings. The molecule has 0 saturated carbocycles. The number of hydrogen-bond acceptors (Lipinski definition) is 7. The standard InChI is InChI=1S/C25H26N2O6S/c1-4-32-23(29)14-27-24(30)21(34-25(27)31)13-17-9-11-18(12-10-17)33-15-22(28)26-20-8-6-5-7-19(20)16(2)3/h5-13,16H,4,14-15H2,1-3H3,(H,26,28)/b21-13-. The molecule has 0 aromatic heterocycles. The van der Waals surface area contributed by atoms with Crippen LogP contribution < -0.4 is 10.1 Å². The topological polar surface area (TPSA) is 102 Å². The van der Waals surface area contributed by atoms with E-state index in [0.29, 0.717) is 11.3 Å². The van der Waals surface area contributed by atoms with Crippen LogP contribution >= 0.6 is 11.8 Å². The summed E-state index contributed by atoms with van der Waals surface area (Å²) in [7, 11) is 0. The number of amides is 3. The van der Waals surface area contributed by atoms with Gasteiger partial charge in [-0.3, -0.25) is 24.1 Å². The summed E-state index contributed by atoms with van der Waals surface area (Å²) in [5.74, 6) is -0.685. The van der Waals surface area contributed by atoms with E-state index in [0.717, 1.165) is 27.9 Å². The van der Waals surface area contributed by atoms with Gasteiger partial charge in [-0.2, -0.15) is 0 Å². The summed E-state index contributed by atoms with van der Waals surface area (Å²) in [5.41, 5.74) is 2.48. The monoisotopic (exact) mass is 482 g/mol. The van der Waals surface area contributed by atoms with Crippen molar-refractivity contribution in [2.45, 2.75) is 26.7 Å². The molecule has 1 aliphatic rings. The van der Waals surface area contributed by atoms with Crippen LogP contribution in [0, 0.1) is 0 Å². The lowest BCUT2D eigenvalue weighted by atomic mass is 10.0. The Bertz CT molecular complexity index is 1110. The van der Waals surface area contributed by atoms with Crippen LogP contribution in [0.3, 0.4) is 0 Å². The molecule has 0 bridgehead atoms. The summed E-state index contributed by atoms with van der Waals surface area (Å²) in [6.07, 6.45) is 1.56. The van der Waals surface area contributed by atoms with Crippen LogP contribution in [0.15, 0.2) is 53.4 Å². The molecular weight excluding hydrogens is 456 g/mol. The van der Waals surface area contributed by atoms with Crippen molar-refractivity contribution in [1.29, 1.82) is 0 Å². The van der Waals surface area contributed by atoms with Crippen molar-refractivity contribution in [3.63, 3.8) is 0 Å². The summed E-state index contributed by atoms with van der Waals surface area (Å²) in [5, 5.41) is 2.35. The zero-order chi connectivity index (χ0) is 24.7. The number of nitrogens with one attached hydrogen (secondary N) is 1. The second-order valence-corrected chi connectivity index (χ2v) is 8.71. The van der Waals surface area contributed by atoms with Gasteiger partial charge >= 0.3 is 5.97 Å². The number of thioether (sulfide) groups is 1. The summed E-state index contributed by atoms with van der Waals surface area (Å²) < 4.78 is 10.4. The van der Waals surface area contributed by atoms with Gasteiger partial charge < -0.3 is 14.8 Å². The Labute approximate surface area is 202 Å². The largest absolute Gasteiger partial charge is 0.484 e. The lowest BCUT2D eigenvalue weighted by Gasteiger charge is -2.14. The van der Waals surface area contributed by atoms with Gasteiger partial charge in [0.15, 0.2) is 6.61 Å². The molecule has 178 valence electrons. The van der Waals surface area contributed by atoms with E-state index in [1.54, 1.807) is 37.3 Å². The molecule has 8 nitrogen and oxygen atoms in total. The minimum atomic E-state index is -0.635. The van der Waals surface area contributed by atoms with Crippen molar-refractivity contribution < 1.29 is 28.7 Å². The Morgan fingerprint density at radius 3 is 2.47 bits per heavy atom. The number of para-hydroxylation sites is 1. The first-order valence-electron chi connectivity index (χ1n) is 10.8. The third kappa shape index (κ3) is 6.48. The maximum absolute atomic E-state index is 12.5. The van der Waals surface area contributed by atoms with Gasteiger partial charge in [0.25, 0.3) is 17.1 Å². The van der Waals surface area contributed by atoms with Crippen molar-refractivity contribution >= 4 is 46.5 Å². The normalized spacial score (nSPS) is 14.6. The fourth-order valence-electron chi connectivity index (χ4n) is 3.23. The predicted octanol–water partition coefficient (Wildman–Crippen LogP) is 4.43. The summed E-state index contributed by atoms with van der Waals surface area (Å²) in [6.45, 7) is 5.38. The number of rotatable bonds is 9. The Balaban J connectivity index is 1.57. The molecule has 2 aromatic carbocycles. The van der Waals surface area contributed by atoms with Crippen LogP contribution in [0.1, 0.15) is 37.8 Å². The van der Waals surface area contributed by atoms with Crippen LogP contribution in [-0.2, 0) is 19.1 Å². The third-order valence-electron chi connectivity index (χ3n) is 4.87. The number of imide groups is 1. The highest BCUT2D eigenvalue weighted by atomic mass is 32.2. The molecule has 1 heterocycles. The number of carbonyl (C=O) groups is 4. The van der Waals surface area contributed by atoms with E-state index in [9.17, 15) is 19.2 Å². The van der Waals surface area contributed by atoms with Crippen molar-refractivity contribution in [3.8, 4) is 5.75 Å². The van der Waals surface area contributed by atoms with Crippen LogP contribution in [0.5, 0.6) is 5.75 Å². The predicted molar refractivity (Wildman–Crippen MR) is 130 cm³/mol. The van der Waals surface area contributed by atoms with E-state index in [4.69, 9.17) is 9.47 Å². The number of ether oxygens (including phenoxy) is 2. The highest BCUT2D eigenvalue weighted by Gasteiger charge is 2.36. The zero-order valence-electron chi connectivity index (χ0n) is 19.2. The van der Waals surface area contributed by atoms with Crippen molar-refractivity contribution in [1.82, 2.24) is 4.90 Å². The average molecular weight is 483 g/mol. The average Bonchev–Trinajstić information content (AvgIpc) is 3.06. The molecule has 0 atom stereocenters. The molecule has 3 rings (SSSR count). The first-order valence-corrected chi connectivity index (χ1v) is 11.6. The van der Waals surface area contributed by atoms with E-state index >= 15 is 0 Å². The number of esters is 1. The van der Waals surface area contributed by atoms with Crippen molar-refractivity contribution in [3.05, 3.63) is 64.6 Å². The lowest BCUT2D eigenvalue weighted by Crippen LogP contribution is -2.34. The zero-order valence-corrected chi connectivity index (χ0v) is 20.0. The van der Waals surface area contributed by atoms with E-state index in [-0.39, 0.29) is 29.9 Å². The fraction of sp³-hybridized carbons (Fsp3) is 0.280. The van der Waals surface area contributed by atoms with Gasteiger partial charge in [0.05, 0.1) is 11.5 Å². The highest BCUT2D eigenvalue weighted by molar-refractivity contribution is 8.18. The fourth-order valence-corrected chi connectivity index (χ4v) is 4.07. The minimum absolute atomic E-state index is 0.154. The van der Waals surface area contributed by atoms with E-state index in [2.05, 4.69) is 19.2 Å². The second-order valence-electron chi connectivity index (χ2n) is 7.72. The molecule has 0 radical (unpaired) electrons. The highest BCUT2D eigenvalue weighted by Crippen LogP contribution is 2.32. The van der Waals surface area contributed by atoms with Gasteiger partial charge in [0.1, 0.15) is 12.3 Å². The van der Waals surface area contributed by atoms with Crippen LogP contribution in [-0.4, -0.2) is 47.7 Å². The second kappa shape index (κ2) is 11.5. The summed E-state index contributed by atoms with van der Waals surface area (Å²) in [6, 6.07) is 14.4. The molecule has 0 aliphatic carbocycles. The molecule has 1 saturated heterocycles. The maximum Gasteiger partial charge on any atom is 0.326 e. The molecule has 0 unspecified atom stereocenters. The van der Waals surface area contributed by atoms with E-state index in [1.165, 1.54) is 0 Å². The minimum Gasteiger partial charge on any atom is -0.484 e. The van der Waals surface area contributed by atoms with Gasteiger partial charge in [0, 0.05) is 5.69 Å². The Morgan fingerprint density at radius 1 is 1.09 bits per heavy atom. The quantitative estimate of drug-likeness (QED) is 0.417. The van der Waals surface area contributed by atoms with Gasteiger partial charge in [-0.05, 0) is 60.0 Å². The molecule has 0 spiro atoms. The van der Waals surface area contributed by atoms with Crippen molar-refractivity contribution in [2.24, 2.45) is 0 Å². The SMILES string of the molecule is CCOC(=O)CN1C(=O)S/C(=C\c2ccc(OCC(=O)Nc3ccccc3C(C)C)cc2)C1=O. The van der Waals surface area contributed by atoms with Crippen molar-refractivity contribution in [2.75, 3.05) is 25.1 Å². The Hall–Kier alpha value is -3.59. The number of benzene rings is 2.